The lowest BCUT2D eigenvalue weighted by atomic mass is 10.1. The highest BCUT2D eigenvalue weighted by atomic mass is 127. The van der Waals surface area contributed by atoms with Crippen LogP contribution in [-0.2, 0) is 6.42 Å². The van der Waals surface area contributed by atoms with Crippen LogP contribution in [0.1, 0.15) is 37.3 Å². The van der Waals surface area contributed by atoms with Gasteiger partial charge in [-0.1, -0.05) is 49.6 Å². The number of hydrogen-bond donors (Lipinski definition) is 0. The van der Waals surface area contributed by atoms with Crippen molar-refractivity contribution in [1.29, 1.82) is 0 Å². The molecule has 0 fully saturated rings. The minimum atomic E-state index is -0.0137. The Balaban J connectivity index is 1.92. The van der Waals surface area contributed by atoms with Gasteiger partial charge in [-0.05, 0) is 49.6 Å². The molecule has 0 saturated carbocycles. The van der Waals surface area contributed by atoms with E-state index in [1.54, 1.807) is 0 Å². The molecule has 0 heterocycles. The molecular weight excluding hydrogens is 343 g/mol. The molecule has 0 spiro atoms. The summed E-state index contributed by atoms with van der Waals surface area (Å²) in [7, 11) is 0. The maximum Gasteiger partial charge on any atom is 0.357 e. The Kier molecular flexibility index (Phi) is 5.90. The van der Waals surface area contributed by atoms with E-state index in [2.05, 4.69) is 62.4 Å². The van der Waals surface area contributed by atoms with Crippen LogP contribution >= 0.6 is 0 Å². The van der Waals surface area contributed by atoms with E-state index in [1.807, 2.05) is 0 Å². The Morgan fingerprint density at radius 3 is 1.95 bits per heavy atom. The first-order chi connectivity index (χ1) is 9.28. The minimum absolute atomic E-state index is 0.0137. The molecule has 19 heavy (non-hydrogen) atoms. The molecule has 0 N–H and O–H groups in total. The van der Waals surface area contributed by atoms with E-state index in [0.29, 0.717) is 0 Å². The molecule has 2 aromatic carbocycles. The molecule has 0 amide bonds. The SMILES string of the molecule is CCCCCc1ccc([I+]c2ccc(C)cc2)cc1. The molecule has 0 aromatic heterocycles. The van der Waals surface area contributed by atoms with E-state index < -0.39 is 0 Å². The van der Waals surface area contributed by atoms with Gasteiger partial charge in [-0.3, -0.25) is 0 Å². The number of unbranched alkanes of at least 4 members (excludes halogenated alkanes) is 2. The molecule has 2 rings (SSSR count). The Labute approximate surface area is 127 Å². The van der Waals surface area contributed by atoms with Crippen LogP contribution in [0, 0.1) is 14.1 Å². The van der Waals surface area contributed by atoms with Crippen molar-refractivity contribution in [2.24, 2.45) is 0 Å². The summed E-state index contributed by atoms with van der Waals surface area (Å²) in [5, 5.41) is 0. The highest BCUT2D eigenvalue weighted by molar-refractivity contribution is 5.15. The average Bonchev–Trinajstić information content (AvgIpc) is 2.44. The van der Waals surface area contributed by atoms with Gasteiger partial charge in [0.15, 0.2) is 7.14 Å². The zero-order valence-electron chi connectivity index (χ0n) is 11.8. The topological polar surface area (TPSA) is 0 Å². The van der Waals surface area contributed by atoms with E-state index in [-0.39, 0.29) is 21.2 Å². The number of halogens is 1. The zero-order chi connectivity index (χ0) is 13.5. The molecule has 0 aliphatic heterocycles. The Morgan fingerprint density at radius 2 is 1.37 bits per heavy atom. The smallest absolute Gasteiger partial charge is 0.0654 e. The van der Waals surface area contributed by atoms with Gasteiger partial charge in [0, 0.05) is 0 Å². The van der Waals surface area contributed by atoms with Gasteiger partial charge in [0.05, 0.1) is 0 Å². The minimum Gasteiger partial charge on any atom is -0.0654 e. The van der Waals surface area contributed by atoms with E-state index in [1.165, 1.54) is 44.0 Å². The van der Waals surface area contributed by atoms with Crippen LogP contribution in [0.2, 0.25) is 0 Å². The maximum absolute atomic E-state index is 2.33. The van der Waals surface area contributed by atoms with Gasteiger partial charge in [0.1, 0.15) is 0 Å². The molecule has 0 aliphatic carbocycles. The van der Waals surface area contributed by atoms with Crippen molar-refractivity contribution in [3.8, 4) is 0 Å². The van der Waals surface area contributed by atoms with E-state index in [9.17, 15) is 0 Å². The van der Waals surface area contributed by atoms with Crippen molar-refractivity contribution in [2.45, 2.75) is 39.5 Å². The fourth-order valence-electron chi connectivity index (χ4n) is 2.02. The van der Waals surface area contributed by atoms with E-state index in [0.717, 1.165) is 0 Å². The molecular formula is C18H22I+. The van der Waals surface area contributed by atoms with Crippen molar-refractivity contribution < 1.29 is 21.2 Å². The fourth-order valence-corrected chi connectivity index (χ4v) is 4.17. The summed E-state index contributed by atoms with van der Waals surface area (Å²) in [6.45, 7) is 4.41. The lowest BCUT2D eigenvalue weighted by Crippen LogP contribution is -3.61. The molecule has 0 bridgehead atoms. The molecule has 0 aliphatic rings. The van der Waals surface area contributed by atoms with Crippen LogP contribution < -0.4 is 21.2 Å². The molecule has 0 unspecified atom stereocenters. The van der Waals surface area contributed by atoms with Crippen molar-refractivity contribution in [3.63, 3.8) is 0 Å². The first-order valence-electron chi connectivity index (χ1n) is 7.08. The molecule has 0 radical (unpaired) electrons. The highest BCUT2D eigenvalue weighted by Gasteiger charge is 2.14. The summed E-state index contributed by atoms with van der Waals surface area (Å²) in [5.41, 5.74) is 2.84. The largest absolute Gasteiger partial charge is 0.357 e. The lowest BCUT2D eigenvalue weighted by molar-refractivity contribution is -0.597. The zero-order valence-corrected chi connectivity index (χ0v) is 14.0. The Morgan fingerprint density at radius 1 is 0.789 bits per heavy atom. The second-order valence-electron chi connectivity index (χ2n) is 4.97. The van der Waals surface area contributed by atoms with Crippen molar-refractivity contribution in [1.82, 2.24) is 0 Å². The van der Waals surface area contributed by atoms with Gasteiger partial charge < -0.3 is 0 Å². The third-order valence-corrected chi connectivity index (χ3v) is 5.90. The third-order valence-electron chi connectivity index (χ3n) is 3.21. The second kappa shape index (κ2) is 7.68. The molecule has 0 atom stereocenters. The Hall–Kier alpha value is -0.830. The van der Waals surface area contributed by atoms with E-state index in [4.69, 9.17) is 0 Å². The summed E-state index contributed by atoms with van der Waals surface area (Å²) in [6, 6.07) is 18.3. The highest BCUT2D eigenvalue weighted by Crippen LogP contribution is 2.05. The summed E-state index contributed by atoms with van der Waals surface area (Å²) in [6.07, 6.45) is 5.20. The lowest BCUT2D eigenvalue weighted by Gasteiger charge is -1.99. The van der Waals surface area contributed by atoms with Gasteiger partial charge in [0.2, 0.25) is 0 Å². The Bertz CT molecular complexity index is 482. The average molecular weight is 365 g/mol. The standard InChI is InChI=1S/C18H22I/c1-3-4-5-6-16-9-13-18(14-10-16)19-17-11-7-15(2)8-12-17/h7-14H,3-6H2,1-2H3/q+1. The number of hydrogen-bond acceptors (Lipinski definition) is 0. The van der Waals surface area contributed by atoms with Gasteiger partial charge in [-0.15, -0.1) is 0 Å². The van der Waals surface area contributed by atoms with Gasteiger partial charge in [-0.25, -0.2) is 0 Å². The summed E-state index contributed by atoms with van der Waals surface area (Å²) in [5.74, 6) is 0. The van der Waals surface area contributed by atoms with Crippen molar-refractivity contribution >= 4 is 0 Å². The van der Waals surface area contributed by atoms with Crippen molar-refractivity contribution in [3.05, 3.63) is 66.8 Å². The monoisotopic (exact) mass is 365 g/mol. The fraction of sp³-hybridized carbons (Fsp3) is 0.333. The van der Waals surface area contributed by atoms with Crippen LogP contribution in [0.4, 0.5) is 0 Å². The van der Waals surface area contributed by atoms with E-state index >= 15 is 0 Å². The number of benzene rings is 2. The summed E-state index contributed by atoms with van der Waals surface area (Å²) < 4.78 is 3.02. The van der Waals surface area contributed by atoms with Crippen LogP contribution in [-0.4, -0.2) is 0 Å². The van der Waals surface area contributed by atoms with Crippen LogP contribution in [0.25, 0.3) is 0 Å². The van der Waals surface area contributed by atoms with Gasteiger partial charge in [0.25, 0.3) is 0 Å². The molecule has 1 heteroatoms. The molecule has 0 saturated heterocycles. The normalized spacial score (nSPS) is 10.6. The summed E-state index contributed by atoms with van der Waals surface area (Å²) in [4.78, 5) is 0. The number of rotatable bonds is 6. The van der Waals surface area contributed by atoms with Crippen LogP contribution in [0.15, 0.2) is 48.5 Å². The first-order valence-corrected chi connectivity index (χ1v) is 9.24. The van der Waals surface area contributed by atoms with Crippen molar-refractivity contribution in [2.75, 3.05) is 0 Å². The maximum atomic E-state index is 2.33. The second-order valence-corrected chi connectivity index (χ2v) is 8.00. The predicted octanol–water partition coefficient (Wildman–Crippen LogP) is 1.86. The third kappa shape index (κ3) is 4.98. The quantitative estimate of drug-likeness (QED) is 0.542. The number of aryl methyl sites for hydroxylation is 2. The molecule has 100 valence electrons. The summed E-state index contributed by atoms with van der Waals surface area (Å²) >= 11 is -0.0137. The van der Waals surface area contributed by atoms with Crippen LogP contribution in [0.5, 0.6) is 0 Å². The first kappa shape index (κ1) is 14.6. The van der Waals surface area contributed by atoms with Gasteiger partial charge >= 0.3 is 21.2 Å². The predicted molar refractivity (Wildman–Crippen MR) is 78.2 cm³/mol. The van der Waals surface area contributed by atoms with Gasteiger partial charge in [-0.2, -0.15) is 0 Å². The molecule has 2 aromatic rings. The molecule has 0 nitrogen and oxygen atoms in total. The van der Waals surface area contributed by atoms with Crippen LogP contribution in [0.3, 0.4) is 0 Å².